The van der Waals surface area contributed by atoms with E-state index in [0.717, 1.165) is 17.5 Å². The van der Waals surface area contributed by atoms with Crippen molar-refractivity contribution in [3.63, 3.8) is 0 Å². The minimum absolute atomic E-state index is 0.0372. The van der Waals surface area contributed by atoms with Crippen LogP contribution in [0.25, 0.3) is 0 Å². The number of thiophene rings is 1. The van der Waals surface area contributed by atoms with Gasteiger partial charge in [0.1, 0.15) is 13.2 Å². The minimum Gasteiger partial charge on any atom is -0.493 e. The van der Waals surface area contributed by atoms with E-state index in [9.17, 15) is 9.59 Å². The van der Waals surface area contributed by atoms with E-state index in [4.69, 9.17) is 9.47 Å². The molecule has 1 atom stereocenters. The molecule has 0 spiro atoms. The fourth-order valence-corrected chi connectivity index (χ4v) is 5.50. The number of hydrogen-bond acceptors (Lipinski definition) is 5. The molecule has 7 heteroatoms. The second-order valence-electron chi connectivity index (χ2n) is 9.56. The zero-order valence-electron chi connectivity index (χ0n) is 21.4. The number of aryl methyl sites for hydroxylation is 1. The molecule has 0 aliphatic carbocycles. The van der Waals surface area contributed by atoms with Crippen LogP contribution in [0.5, 0.6) is 11.5 Å². The maximum atomic E-state index is 13.7. The first kappa shape index (κ1) is 25.8. The number of carbonyl (C=O) groups excluding carboxylic acids is 2. The van der Waals surface area contributed by atoms with Crippen LogP contribution in [0.1, 0.15) is 46.3 Å². The normalized spacial score (nSPS) is 14.9. The number of nitrogens with zero attached hydrogens (tertiary/aromatic N) is 2. The Balaban J connectivity index is 1.54. The Hall–Kier alpha value is -3.32. The molecule has 0 saturated heterocycles. The molecule has 190 valence electrons. The summed E-state index contributed by atoms with van der Waals surface area (Å²) < 4.78 is 11.6. The Kier molecular flexibility index (Phi) is 8.31. The number of benzene rings is 2. The van der Waals surface area contributed by atoms with E-state index >= 15 is 0 Å². The van der Waals surface area contributed by atoms with Crippen molar-refractivity contribution < 1.29 is 19.1 Å². The first-order valence-corrected chi connectivity index (χ1v) is 13.2. The Labute approximate surface area is 217 Å². The molecule has 0 radical (unpaired) electrons. The van der Waals surface area contributed by atoms with Crippen LogP contribution in [-0.4, -0.2) is 55.0 Å². The first-order chi connectivity index (χ1) is 17.4. The summed E-state index contributed by atoms with van der Waals surface area (Å²) in [6.45, 7) is 7.57. The molecule has 1 aliphatic rings. The van der Waals surface area contributed by atoms with Gasteiger partial charge in [-0.05, 0) is 60.5 Å². The van der Waals surface area contributed by atoms with E-state index in [0.29, 0.717) is 36.8 Å². The van der Waals surface area contributed by atoms with Crippen LogP contribution < -0.4 is 9.47 Å². The fourth-order valence-electron chi connectivity index (χ4n) is 4.57. The van der Waals surface area contributed by atoms with Crippen LogP contribution in [0.4, 0.5) is 0 Å². The zero-order chi connectivity index (χ0) is 25.7. The van der Waals surface area contributed by atoms with E-state index in [1.807, 2.05) is 60.4 Å². The number of ether oxygens (including phenoxy) is 2. The molecule has 3 aromatic rings. The van der Waals surface area contributed by atoms with Crippen molar-refractivity contribution in [2.45, 2.75) is 33.2 Å². The molecule has 36 heavy (non-hydrogen) atoms. The van der Waals surface area contributed by atoms with Gasteiger partial charge in [0.15, 0.2) is 11.5 Å². The average Bonchev–Trinajstić information content (AvgIpc) is 3.36. The number of carbonyl (C=O) groups is 2. The second kappa shape index (κ2) is 11.6. The second-order valence-corrected chi connectivity index (χ2v) is 10.6. The van der Waals surface area contributed by atoms with E-state index in [-0.39, 0.29) is 30.3 Å². The Bertz CT molecular complexity index is 1190. The highest BCUT2D eigenvalue weighted by atomic mass is 32.1. The summed E-state index contributed by atoms with van der Waals surface area (Å²) in [5, 5.41) is 2.07. The molecule has 0 saturated carbocycles. The summed E-state index contributed by atoms with van der Waals surface area (Å²) in [4.78, 5) is 31.9. The lowest BCUT2D eigenvalue weighted by molar-refractivity contribution is -0.135. The lowest BCUT2D eigenvalue weighted by Gasteiger charge is -2.37. The Morgan fingerprint density at radius 1 is 1.08 bits per heavy atom. The first-order valence-electron chi connectivity index (χ1n) is 12.3. The summed E-state index contributed by atoms with van der Waals surface area (Å²) in [5.41, 5.74) is 2.81. The zero-order valence-corrected chi connectivity index (χ0v) is 22.2. The third kappa shape index (κ3) is 5.90. The molecule has 2 heterocycles. The van der Waals surface area contributed by atoms with Crippen molar-refractivity contribution in [2.75, 3.05) is 33.4 Å². The summed E-state index contributed by atoms with van der Waals surface area (Å²) >= 11 is 1.72. The van der Waals surface area contributed by atoms with Gasteiger partial charge >= 0.3 is 0 Å². The van der Waals surface area contributed by atoms with Crippen molar-refractivity contribution in [3.05, 3.63) is 81.5 Å². The molecule has 2 amide bonds. The highest BCUT2D eigenvalue weighted by Crippen LogP contribution is 2.35. The van der Waals surface area contributed by atoms with Gasteiger partial charge in [-0.2, -0.15) is 0 Å². The van der Waals surface area contributed by atoms with Gasteiger partial charge in [0.25, 0.3) is 5.91 Å². The van der Waals surface area contributed by atoms with Gasteiger partial charge in [0.2, 0.25) is 5.91 Å². The van der Waals surface area contributed by atoms with Crippen molar-refractivity contribution in [3.8, 4) is 11.5 Å². The van der Waals surface area contributed by atoms with Gasteiger partial charge in [-0.15, -0.1) is 11.3 Å². The molecular formula is C29H34N2O4S. The molecule has 1 aromatic heterocycles. The maximum absolute atomic E-state index is 13.7. The van der Waals surface area contributed by atoms with Crippen LogP contribution in [-0.2, 0) is 11.2 Å². The van der Waals surface area contributed by atoms with Gasteiger partial charge in [0.05, 0.1) is 13.2 Å². The molecule has 6 nitrogen and oxygen atoms in total. The topological polar surface area (TPSA) is 59.1 Å². The number of rotatable bonds is 9. The molecule has 1 aliphatic heterocycles. The predicted molar refractivity (Wildman–Crippen MR) is 143 cm³/mol. The quantitative estimate of drug-likeness (QED) is 0.392. The van der Waals surface area contributed by atoms with E-state index in [2.05, 4.69) is 25.3 Å². The van der Waals surface area contributed by atoms with Gasteiger partial charge in [-0.25, -0.2) is 0 Å². The monoisotopic (exact) mass is 506 g/mol. The highest BCUT2D eigenvalue weighted by Gasteiger charge is 2.34. The van der Waals surface area contributed by atoms with Gasteiger partial charge in [-0.3, -0.25) is 9.59 Å². The van der Waals surface area contributed by atoms with E-state index in [1.165, 1.54) is 4.88 Å². The highest BCUT2D eigenvalue weighted by molar-refractivity contribution is 7.10. The van der Waals surface area contributed by atoms with Gasteiger partial charge < -0.3 is 19.3 Å². The largest absolute Gasteiger partial charge is 0.493 e. The summed E-state index contributed by atoms with van der Waals surface area (Å²) in [5.74, 6) is 1.35. The van der Waals surface area contributed by atoms with E-state index in [1.54, 1.807) is 23.3 Å². The van der Waals surface area contributed by atoms with Crippen LogP contribution >= 0.6 is 11.3 Å². The van der Waals surface area contributed by atoms with Crippen molar-refractivity contribution >= 4 is 23.2 Å². The molecule has 0 N–H and O–H groups in total. The minimum atomic E-state index is -0.229. The van der Waals surface area contributed by atoms with Crippen molar-refractivity contribution in [2.24, 2.45) is 5.92 Å². The molecular weight excluding hydrogens is 472 g/mol. The fraction of sp³-hybridized carbons (Fsp3) is 0.379. The lowest BCUT2D eigenvalue weighted by Crippen LogP contribution is -2.48. The molecule has 0 unspecified atom stereocenters. The SMILES string of the molecule is COc1ccccc1OC[C@@H]1c2ccsc2CCN1C(=O)CN(CC(C)C)C(=O)c1ccc(C)cc1. The molecule has 0 bridgehead atoms. The number of para-hydroxylation sites is 2. The van der Waals surface area contributed by atoms with E-state index < -0.39 is 0 Å². The maximum Gasteiger partial charge on any atom is 0.254 e. The van der Waals surface area contributed by atoms with Gasteiger partial charge in [0, 0.05) is 23.5 Å². The molecule has 2 aromatic carbocycles. The number of methoxy groups -OCH3 is 1. The van der Waals surface area contributed by atoms with Crippen LogP contribution in [0.15, 0.2) is 60.0 Å². The predicted octanol–water partition coefficient (Wildman–Crippen LogP) is 5.37. The van der Waals surface area contributed by atoms with Crippen LogP contribution in [0, 0.1) is 12.8 Å². The molecule has 0 fully saturated rings. The summed E-state index contributed by atoms with van der Waals surface area (Å²) in [6, 6.07) is 16.9. The Morgan fingerprint density at radius 2 is 1.81 bits per heavy atom. The third-order valence-electron chi connectivity index (χ3n) is 6.38. The van der Waals surface area contributed by atoms with Crippen molar-refractivity contribution in [1.82, 2.24) is 9.80 Å². The standard InChI is InChI=1S/C29H34N2O4S/c1-20(2)17-30(29(33)22-11-9-21(3)10-12-22)18-28(32)31-15-13-27-23(14-16-36-27)24(31)19-35-26-8-6-5-7-25(26)34-4/h5-12,14,16,20,24H,13,15,17-19H2,1-4H3/t24-/m1/s1. The molecule has 4 rings (SSSR count). The Morgan fingerprint density at radius 3 is 2.50 bits per heavy atom. The third-order valence-corrected chi connectivity index (χ3v) is 7.37. The average molecular weight is 507 g/mol. The number of hydrogen-bond donors (Lipinski definition) is 0. The number of fused-ring (bicyclic) bond motifs is 1. The van der Waals surface area contributed by atoms with Gasteiger partial charge in [-0.1, -0.05) is 43.7 Å². The number of amides is 2. The summed E-state index contributed by atoms with van der Waals surface area (Å²) in [7, 11) is 1.62. The van der Waals surface area contributed by atoms with Crippen molar-refractivity contribution in [1.29, 1.82) is 0 Å². The van der Waals surface area contributed by atoms with Crippen LogP contribution in [0.3, 0.4) is 0 Å². The summed E-state index contributed by atoms with van der Waals surface area (Å²) in [6.07, 6.45) is 0.806. The van der Waals surface area contributed by atoms with Crippen LogP contribution in [0.2, 0.25) is 0 Å². The lowest BCUT2D eigenvalue weighted by atomic mass is 10.00. The smallest absolute Gasteiger partial charge is 0.254 e.